The highest BCUT2D eigenvalue weighted by molar-refractivity contribution is 7.14. The molecule has 0 saturated heterocycles. The van der Waals surface area contributed by atoms with Crippen LogP contribution in [0, 0.1) is 11.8 Å². The van der Waals surface area contributed by atoms with Crippen LogP contribution in [0.5, 0.6) is 0 Å². The van der Waals surface area contributed by atoms with Crippen LogP contribution in [-0.4, -0.2) is 24.2 Å². The fraction of sp³-hybridized carbons (Fsp3) is 0.667. The predicted octanol–water partition coefficient (Wildman–Crippen LogP) is 2.84. The van der Waals surface area contributed by atoms with Gasteiger partial charge in [-0.25, -0.2) is 0 Å². The minimum atomic E-state index is 0.0342. The SMILES string of the molecule is CCc1ccc(C(=O)NCC2CCCCC2CO)s1. The van der Waals surface area contributed by atoms with Crippen molar-refractivity contribution in [3.63, 3.8) is 0 Å². The first kappa shape index (κ1) is 14.5. The molecule has 0 aromatic carbocycles. The van der Waals surface area contributed by atoms with Crippen LogP contribution in [0.1, 0.15) is 47.2 Å². The number of carbonyl (C=O) groups excluding carboxylic acids is 1. The summed E-state index contributed by atoms with van der Waals surface area (Å²) >= 11 is 1.57. The second kappa shape index (κ2) is 7.06. The number of amides is 1. The van der Waals surface area contributed by atoms with E-state index in [-0.39, 0.29) is 12.5 Å². The number of hydrogen-bond acceptors (Lipinski definition) is 3. The van der Waals surface area contributed by atoms with Gasteiger partial charge >= 0.3 is 0 Å². The number of nitrogens with one attached hydrogen (secondary N) is 1. The molecule has 2 unspecified atom stereocenters. The molecule has 0 spiro atoms. The van der Waals surface area contributed by atoms with Crippen molar-refractivity contribution in [1.82, 2.24) is 5.32 Å². The highest BCUT2D eigenvalue weighted by Gasteiger charge is 2.24. The fourth-order valence-electron chi connectivity index (χ4n) is 2.79. The molecule has 0 aliphatic heterocycles. The molecule has 1 saturated carbocycles. The largest absolute Gasteiger partial charge is 0.396 e. The number of rotatable bonds is 5. The Labute approximate surface area is 119 Å². The molecule has 1 heterocycles. The van der Waals surface area contributed by atoms with E-state index in [1.165, 1.54) is 17.7 Å². The third-order valence-electron chi connectivity index (χ3n) is 4.06. The van der Waals surface area contributed by atoms with Gasteiger partial charge in [-0.15, -0.1) is 11.3 Å². The first-order chi connectivity index (χ1) is 9.24. The molecule has 19 heavy (non-hydrogen) atoms. The van der Waals surface area contributed by atoms with Crippen LogP contribution in [-0.2, 0) is 6.42 Å². The van der Waals surface area contributed by atoms with E-state index in [4.69, 9.17) is 0 Å². The third kappa shape index (κ3) is 3.80. The van der Waals surface area contributed by atoms with Gasteiger partial charge in [-0.05, 0) is 43.2 Å². The lowest BCUT2D eigenvalue weighted by Gasteiger charge is -2.30. The van der Waals surface area contributed by atoms with Crippen molar-refractivity contribution in [1.29, 1.82) is 0 Å². The van der Waals surface area contributed by atoms with Crippen molar-refractivity contribution in [2.45, 2.75) is 39.0 Å². The van der Waals surface area contributed by atoms with Crippen molar-refractivity contribution >= 4 is 17.2 Å². The molecular weight excluding hydrogens is 258 g/mol. The van der Waals surface area contributed by atoms with Crippen LogP contribution >= 0.6 is 11.3 Å². The van der Waals surface area contributed by atoms with E-state index in [9.17, 15) is 9.90 Å². The van der Waals surface area contributed by atoms with Gasteiger partial charge in [-0.3, -0.25) is 4.79 Å². The van der Waals surface area contributed by atoms with Crippen LogP contribution in [0.15, 0.2) is 12.1 Å². The molecule has 2 rings (SSSR count). The highest BCUT2D eigenvalue weighted by atomic mass is 32.1. The Bertz CT molecular complexity index is 416. The quantitative estimate of drug-likeness (QED) is 0.872. The maximum absolute atomic E-state index is 12.0. The van der Waals surface area contributed by atoms with Crippen LogP contribution in [0.25, 0.3) is 0 Å². The lowest BCUT2D eigenvalue weighted by atomic mass is 9.79. The molecule has 1 aliphatic rings. The molecule has 2 atom stereocenters. The van der Waals surface area contributed by atoms with Crippen LogP contribution in [0.4, 0.5) is 0 Å². The first-order valence-corrected chi connectivity index (χ1v) is 8.04. The molecule has 0 radical (unpaired) electrons. The van der Waals surface area contributed by atoms with Gasteiger partial charge in [-0.1, -0.05) is 19.8 Å². The molecule has 1 fully saturated rings. The van der Waals surface area contributed by atoms with E-state index in [1.54, 1.807) is 11.3 Å². The van der Waals surface area contributed by atoms with Gasteiger partial charge in [0.05, 0.1) is 4.88 Å². The molecule has 3 nitrogen and oxygen atoms in total. The number of carbonyl (C=O) groups is 1. The van der Waals surface area contributed by atoms with Gasteiger partial charge < -0.3 is 10.4 Å². The summed E-state index contributed by atoms with van der Waals surface area (Å²) in [6.07, 6.45) is 5.62. The number of aryl methyl sites for hydroxylation is 1. The van der Waals surface area contributed by atoms with Gasteiger partial charge in [0.1, 0.15) is 0 Å². The molecule has 2 N–H and O–H groups in total. The standard InChI is InChI=1S/C15H23NO2S/c1-2-13-7-8-14(19-13)15(18)16-9-11-5-3-4-6-12(11)10-17/h7-8,11-12,17H,2-6,9-10H2,1H3,(H,16,18). The molecular formula is C15H23NO2S. The van der Waals surface area contributed by atoms with Crippen LogP contribution < -0.4 is 5.32 Å². The van der Waals surface area contributed by atoms with E-state index < -0.39 is 0 Å². The van der Waals surface area contributed by atoms with Crippen molar-refractivity contribution in [3.8, 4) is 0 Å². The average Bonchev–Trinajstić information content (AvgIpc) is 2.94. The van der Waals surface area contributed by atoms with E-state index >= 15 is 0 Å². The Morgan fingerprint density at radius 2 is 2.11 bits per heavy atom. The van der Waals surface area contributed by atoms with Gasteiger partial charge in [0.15, 0.2) is 0 Å². The molecule has 1 amide bonds. The molecule has 106 valence electrons. The summed E-state index contributed by atoms with van der Waals surface area (Å²) in [5, 5.41) is 12.4. The summed E-state index contributed by atoms with van der Waals surface area (Å²) < 4.78 is 0. The van der Waals surface area contributed by atoms with E-state index in [0.29, 0.717) is 18.4 Å². The monoisotopic (exact) mass is 281 g/mol. The maximum Gasteiger partial charge on any atom is 0.261 e. The minimum Gasteiger partial charge on any atom is -0.396 e. The zero-order valence-electron chi connectivity index (χ0n) is 11.5. The minimum absolute atomic E-state index is 0.0342. The Hall–Kier alpha value is -0.870. The lowest BCUT2D eigenvalue weighted by molar-refractivity contribution is 0.0913. The summed E-state index contributed by atoms with van der Waals surface area (Å²) in [6, 6.07) is 3.93. The van der Waals surface area contributed by atoms with E-state index in [2.05, 4.69) is 12.2 Å². The van der Waals surface area contributed by atoms with Crippen molar-refractivity contribution < 1.29 is 9.90 Å². The summed E-state index contributed by atoms with van der Waals surface area (Å²) in [6.45, 7) is 3.05. The number of aliphatic hydroxyl groups is 1. The zero-order valence-corrected chi connectivity index (χ0v) is 12.3. The topological polar surface area (TPSA) is 49.3 Å². The van der Waals surface area contributed by atoms with Gasteiger partial charge in [0.25, 0.3) is 5.91 Å². The molecule has 4 heteroatoms. The summed E-state index contributed by atoms with van der Waals surface area (Å²) in [5.41, 5.74) is 0. The summed E-state index contributed by atoms with van der Waals surface area (Å²) in [4.78, 5) is 14.1. The predicted molar refractivity (Wildman–Crippen MR) is 78.6 cm³/mol. The normalized spacial score (nSPS) is 23.3. The van der Waals surface area contributed by atoms with Gasteiger partial charge in [-0.2, -0.15) is 0 Å². The summed E-state index contributed by atoms with van der Waals surface area (Å²) in [5.74, 6) is 0.837. The Morgan fingerprint density at radius 3 is 2.74 bits per heavy atom. The Balaban J connectivity index is 1.85. The van der Waals surface area contributed by atoms with Gasteiger partial charge in [0.2, 0.25) is 0 Å². The smallest absolute Gasteiger partial charge is 0.261 e. The van der Waals surface area contributed by atoms with Crippen LogP contribution in [0.3, 0.4) is 0 Å². The fourth-order valence-corrected chi connectivity index (χ4v) is 3.66. The van der Waals surface area contributed by atoms with E-state index in [1.807, 2.05) is 12.1 Å². The Kier molecular flexibility index (Phi) is 5.40. The number of thiophene rings is 1. The molecule has 1 aliphatic carbocycles. The number of hydrogen-bond donors (Lipinski definition) is 2. The van der Waals surface area contributed by atoms with Crippen LogP contribution in [0.2, 0.25) is 0 Å². The van der Waals surface area contributed by atoms with Gasteiger partial charge in [0, 0.05) is 18.0 Å². The first-order valence-electron chi connectivity index (χ1n) is 7.22. The van der Waals surface area contributed by atoms with Crippen molar-refractivity contribution in [3.05, 3.63) is 21.9 Å². The van der Waals surface area contributed by atoms with E-state index in [0.717, 1.165) is 24.1 Å². The molecule has 1 aromatic heterocycles. The second-order valence-electron chi connectivity index (χ2n) is 5.32. The highest BCUT2D eigenvalue weighted by Crippen LogP contribution is 2.29. The number of aliphatic hydroxyl groups excluding tert-OH is 1. The average molecular weight is 281 g/mol. The van der Waals surface area contributed by atoms with Crippen molar-refractivity contribution in [2.24, 2.45) is 11.8 Å². The molecule has 1 aromatic rings. The maximum atomic E-state index is 12.0. The lowest BCUT2D eigenvalue weighted by Crippen LogP contribution is -2.35. The summed E-state index contributed by atoms with van der Waals surface area (Å²) in [7, 11) is 0. The molecule has 0 bridgehead atoms. The Morgan fingerprint density at radius 1 is 1.37 bits per heavy atom. The third-order valence-corrected chi connectivity index (χ3v) is 5.29. The van der Waals surface area contributed by atoms with Crippen molar-refractivity contribution in [2.75, 3.05) is 13.2 Å². The second-order valence-corrected chi connectivity index (χ2v) is 6.49. The zero-order chi connectivity index (χ0) is 13.7.